The maximum absolute atomic E-state index is 6.56. The number of nitrogens with zero attached hydrogens (tertiary/aromatic N) is 2. The van der Waals surface area contributed by atoms with Crippen LogP contribution in [-0.4, -0.2) is 9.97 Å². The Morgan fingerprint density at radius 3 is 1.48 bits per heavy atom. The molecule has 244 valence electrons. The molecule has 0 aliphatic carbocycles. The highest BCUT2D eigenvalue weighted by atomic mass is 16.3. The van der Waals surface area contributed by atoms with Crippen LogP contribution in [0.15, 0.2) is 155 Å². The van der Waals surface area contributed by atoms with E-state index >= 15 is 0 Å². The van der Waals surface area contributed by atoms with E-state index in [9.17, 15) is 0 Å². The van der Waals surface area contributed by atoms with Gasteiger partial charge in [-0.15, -0.1) is 0 Å². The first-order valence-electron chi connectivity index (χ1n) is 17.6. The number of benzene rings is 8. The Hall–Kier alpha value is -6.78. The van der Waals surface area contributed by atoms with Gasteiger partial charge in [0.15, 0.2) is 0 Å². The Morgan fingerprint density at radius 2 is 0.904 bits per heavy atom. The molecule has 0 fully saturated rings. The Balaban J connectivity index is 1.21. The Kier molecular flexibility index (Phi) is 6.06. The van der Waals surface area contributed by atoms with Crippen LogP contribution in [0.3, 0.4) is 0 Å². The maximum Gasteiger partial charge on any atom is 0.143 e. The molecule has 0 saturated heterocycles. The van der Waals surface area contributed by atoms with Crippen LogP contribution >= 0.6 is 0 Å². The van der Waals surface area contributed by atoms with Gasteiger partial charge < -0.3 is 8.83 Å². The van der Waals surface area contributed by atoms with E-state index in [-0.39, 0.29) is 0 Å². The Labute approximate surface area is 298 Å². The van der Waals surface area contributed by atoms with Crippen molar-refractivity contribution in [2.75, 3.05) is 0 Å². The second kappa shape index (κ2) is 10.9. The van der Waals surface area contributed by atoms with Gasteiger partial charge in [0, 0.05) is 49.0 Å². The Bertz CT molecular complexity index is 3140. The van der Waals surface area contributed by atoms with Crippen molar-refractivity contribution in [3.63, 3.8) is 0 Å². The average Bonchev–Trinajstić information content (AvgIpc) is 3.76. The summed E-state index contributed by atoms with van der Waals surface area (Å²) < 4.78 is 13.1. The normalized spacial score (nSPS) is 12.0. The van der Waals surface area contributed by atoms with E-state index in [2.05, 4.69) is 129 Å². The minimum absolute atomic E-state index is 0.805. The van der Waals surface area contributed by atoms with E-state index in [1.54, 1.807) is 0 Å². The van der Waals surface area contributed by atoms with Crippen molar-refractivity contribution >= 4 is 76.5 Å². The molecular weight excluding hydrogens is 637 g/mol. The summed E-state index contributed by atoms with van der Waals surface area (Å²) in [6, 6.07) is 49.2. The van der Waals surface area contributed by atoms with E-state index in [0.29, 0.717) is 0 Å². The highest BCUT2D eigenvalue weighted by Crippen LogP contribution is 2.42. The summed E-state index contributed by atoms with van der Waals surface area (Å²) in [4.78, 5) is 10.6. The Morgan fingerprint density at radius 1 is 0.404 bits per heavy atom. The van der Waals surface area contributed by atoms with Gasteiger partial charge in [0.2, 0.25) is 0 Å². The number of aromatic nitrogens is 2. The van der Waals surface area contributed by atoms with Crippen molar-refractivity contribution in [2.24, 2.45) is 0 Å². The molecule has 4 heteroatoms. The first-order valence-corrected chi connectivity index (χ1v) is 17.6. The highest BCUT2D eigenvalue weighted by Gasteiger charge is 2.19. The number of aryl methyl sites for hydroxylation is 2. The van der Waals surface area contributed by atoms with Gasteiger partial charge in [0.05, 0.1) is 22.9 Å². The molecule has 0 spiro atoms. The fraction of sp³-hybridized carbons (Fsp3) is 0.0417. The number of hydrogen-bond acceptors (Lipinski definition) is 4. The minimum atomic E-state index is 0.805. The summed E-state index contributed by atoms with van der Waals surface area (Å²) >= 11 is 0. The van der Waals surface area contributed by atoms with Crippen molar-refractivity contribution in [2.45, 2.75) is 13.8 Å². The van der Waals surface area contributed by atoms with Gasteiger partial charge in [0.1, 0.15) is 22.3 Å². The van der Waals surface area contributed by atoms with Crippen LogP contribution in [0.2, 0.25) is 0 Å². The summed E-state index contributed by atoms with van der Waals surface area (Å²) in [5.74, 6) is 0. The van der Waals surface area contributed by atoms with Crippen LogP contribution in [-0.2, 0) is 0 Å². The molecule has 11 aromatic rings. The third-order valence-corrected chi connectivity index (χ3v) is 10.6. The molecule has 11 rings (SSSR count). The third-order valence-electron chi connectivity index (χ3n) is 10.6. The number of fused-ring (bicyclic) bond motifs is 12. The van der Waals surface area contributed by atoms with Gasteiger partial charge in [-0.2, -0.15) is 0 Å². The molecule has 4 nitrogen and oxygen atoms in total. The summed E-state index contributed by atoms with van der Waals surface area (Å²) in [5.41, 5.74) is 13.5. The molecule has 52 heavy (non-hydrogen) atoms. The minimum Gasteiger partial charge on any atom is -0.455 e. The SMILES string of the molecule is Cc1ccc2c3ccc(C)cc3c3nc(-c4cc(-c5cccc6c5oc5ccccc56)cc(-c5cccc6c5oc5ccccc56)c4)cnc3c2c1. The molecule has 0 atom stereocenters. The number of rotatable bonds is 3. The first-order chi connectivity index (χ1) is 25.6. The smallest absolute Gasteiger partial charge is 0.143 e. The first kappa shape index (κ1) is 29.0. The lowest BCUT2D eigenvalue weighted by molar-refractivity contribution is 0.670. The quantitative estimate of drug-likeness (QED) is 0.176. The predicted octanol–water partition coefficient (Wildman–Crippen LogP) is 13.4. The molecule has 8 aromatic carbocycles. The summed E-state index contributed by atoms with van der Waals surface area (Å²) in [6.07, 6.45) is 1.93. The average molecular weight is 667 g/mol. The van der Waals surface area contributed by atoms with Gasteiger partial charge >= 0.3 is 0 Å². The molecule has 0 N–H and O–H groups in total. The molecule has 0 saturated carbocycles. The summed E-state index contributed by atoms with van der Waals surface area (Å²) in [7, 11) is 0. The van der Waals surface area contributed by atoms with Crippen LogP contribution in [0.5, 0.6) is 0 Å². The third kappa shape index (κ3) is 4.28. The van der Waals surface area contributed by atoms with Crippen molar-refractivity contribution in [1.29, 1.82) is 0 Å². The lowest BCUT2D eigenvalue weighted by Gasteiger charge is -2.14. The van der Waals surface area contributed by atoms with Crippen LogP contribution in [0.1, 0.15) is 11.1 Å². The van der Waals surface area contributed by atoms with E-state index < -0.39 is 0 Å². The number of para-hydroxylation sites is 4. The molecule has 3 aromatic heterocycles. The fourth-order valence-electron chi connectivity index (χ4n) is 8.13. The number of hydrogen-bond donors (Lipinski definition) is 0. The summed E-state index contributed by atoms with van der Waals surface area (Å²) in [5, 5.41) is 8.99. The largest absolute Gasteiger partial charge is 0.455 e. The lowest BCUT2D eigenvalue weighted by atomic mass is 9.93. The van der Waals surface area contributed by atoms with Crippen LogP contribution in [0.4, 0.5) is 0 Å². The maximum atomic E-state index is 6.56. The standard InChI is InChI=1S/C48H30N2O2/c1-27-17-19-34-35-20-18-28(2)22-41(35)46-45(40(34)21-27)49-26-42(50-46)31-24-29(32-11-7-13-38-36-9-3-5-15-43(36)51-47(32)38)23-30(25-31)33-12-8-14-39-37-10-4-6-16-44(37)52-48(33)39/h3-26H,1-2H3. The van der Waals surface area contributed by atoms with Crippen LogP contribution in [0.25, 0.3) is 110 Å². The molecule has 0 aliphatic rings. The lowest BCUT2D eigenvalue weighted by Crippen LogP contribution is -1.94. The van der Waals surface area contributed by atoms with Crippen LogP contribution in [0, 0.1) is 13.8 Å². The molecule has 3 heterocycles. The molecule has 0 bridgehead atoms. The van der Waals surface area contributed by atoms with Gasteiger partial charge in [0.25, 0.3) is 0 Å². The van der Waals surface area contributed by atoms with Gasteiger partial charge in [-0.05, 0) is 78.2 Å². The second-order valence-electron chi connectivity index (χ2n) is 13.9. The number of furan rings is 2. The fourth-order valence-corrected chi connectivity index (χ4v) is 8.13. The molecular formula is C48H30N2O2. The summed E-state index contributed by atoms with van der Waals surface area (Å²) in [6.45, 7) is 4.26. The predicted molar refractivity (Wildman–Crippen MR) is 215 cm³/mol. The van der Waals surface area contributed by atoms with E-state index in [4.69, 9.17) is 18.8 Å². The van der Waals surface area contributed by atoms with E-state index in [0.717, 1.165) is 99.2 Å². The van der Waals surface area contributed by atoms with Crippen molar-refractivity contribution < 1.29 is 8.83 Å². The second-order valence-corrected chi connectivity index (χ2v) is 13.9. The van der Waals surface area contributed by atoms with Crippen LogP contribution < -0.4 is 0 Å². The zero-order valence-electron chi connectivity index (χ0n) is 28.6. The molecule has 0 aliphatic heterocycles. The van der Waals surface area contributed by atoms with Gasteiger partial charge in [-0.25, -0.2) is 4.98 Å². The molecule has 0 unspecified atom stereocenters. The van der Waals surface area contributed by atoms with Crippen molar-refractivity contribution in [3.05, 3.63) is 157 Å². The van der Waals surface area contributed by atoms with Gasteiger partial charge in [-0.3, -0.25) is 4.98 Å². The highest BCUT2D eigenvalue weighted by molar-refractivity contribution is 6.23. The van der Waals surface area contributed by atoms with Gasteiger partial charge in [-0.1, -0.05) is 108 Å². The zero-order chi connectivity index (χ0) is 34.5. The van der Waals surface area contributed by atoms with Crippen molar-refractivity contribution in [1.82, 2.24) is 9.97 Å². The molecule has 0 amide bonds. The van der Waals surface area contributed by atoms with E-state index in [1.165, 1.54) is 21.9 Å². The monoisotopic (exact) mass is 666 g/mol. The zero-order valence-corrected chi connectivity index (χ0v) is 28.6. The molecule has 0 radical (unpaired) electrons. The van der Waals surface area contributed by atoms with E-state index in [1.807, 2.05) is 30.5 Å². The van der Waals surface area contributed by atoms with Crippen molar-refractivity contribution in [3.8, 4) is 33.5 Å². The topological polar surface area (TPSA) is 52.1 Å².